The van der Waals surface area contributed by atoms with Gasteiger partial charge in [0.2, 0.25) is 0 Å². The van der Waals surface area contributed by atoms with Crippen molar-refractivity contribution in [3.63, 3.8) is 0 Å². The predicted molar refractivity (Wildman–Crippen MR) is 215 cm³/mol. The van der Waals surface area contributed by atoms with Crippen LogP contribution in [0.2, 0.25) is 0 Å². The van der Waals surface area contributed by atoms with E-state index in [9.17, 15) is 0 Å². The quantitative estimate of drug-likeness (QED) is 0.180. The average Bonchev–Trinajstić information content (AvgIpc) is 3.71. The van der Waals surface area contributed by atoms with Gasteiger partial charge in [0.05, 0.1) is 17.1 Å². The van der Waals surface area contributed by atoms with Crippen LogP contribution in [0.4, 0.5) is 11.4 Å². The highest BCUT2D eigenvalue weighted by atomic mass is 15.2. The van der Waals surface area contributed by atoms with Crippen molar-refractivity contribution in [2.24, 2.45) is 0 Å². The van der Waals surface area contributed by atoms with Gasteiger partial charge in [-0.05, 0) is 100.0 Å². The second kappa shape index (κ2) is 11.9. The van der Waals surface area contributed by atoms with Gasteiger partial charge in [-0.2, -0.15) is 0 Å². The minimum Gasteiger partial charge on any atom is -0.333 e. The third-order valence-electron chi connectivity index (χ3n) is 10.7. The highest BCUT2D eigenvalue weighted by Crippen LogP contribution is 2.49. The summed E-state index contributed by atoms with van der Waals surface area (Å²) < 4.78 is 2.44. The van der Waals surface area contributed by atoms with Gasteiger partial charge in [0, 0.05) is 33.8 Å². The number of allylic oxidation sites excluding steroid dienone is 2. The van der Waals surface area contributed by atoms with Crippen LogP contribution in [0.15, 0.2) is 188 Å². The molecule has 0 saturated carbocycles. The van der Waals surface area contributed by atoms with Crippen molar-refractivity contribution >= 4 is 38.8 Å². The molecule has 0 amide bonds. The van der Waals surface area contributed by atoms with Gasteiger partial charge in [0.1, 0.15) is 0 Å². The molecule has 1 aliphatic heterocycles. The summed E-state index contributed by atoms with van der Waals surface area (Å²) in [6.07, 6.45) is 7.23. The Kier molecular flexibility index (Phi) is 6.89. The van der Waals surface area contributed by atoms with E-state index in [1.54, 1.807) is 0 Å². The number of aromatic nitrogens is 1. The molecule has 0 radical (unpaired) electrons. The fourth-order valence-electron chi connectivity index (χ4n) is 8.41. The van der Waals surface area contributed by atoms with Crippen molar-refractivity contribution in [2.45, 2.75) is 18.9 Å². The second-order valence-electron chi connectivity index (χ2n) is 13.8. The molecule has 0 saturated heterocycles. The molecule has 7 aromatic carbocycles. The van der Waals surface area contributed by atoms with Crippen LogP contribution in [-0.4, -0.2) is 10.6 Å². The van der Waals surface area contributed by atoms with Crippen molar-refractivity contribution in [3.05, 3.63) is 205 Å². The van der Waals surface area contributed by atoms with Crippen molar-refractivity contribution in [2.75, 3.05) is 4.90 Å². The maximum absolute atomic E-state index is 2.49. The van der Waals surface area contributed by atoms with E-state index in [-0.39, 0.29) is 12.0 Å². The minimum absolute atomic E-state index is 0.254. The fraction of sp³-hybridized carbons (Fsp3) is 0.0612. The second-order valence-corrected chi connectivity index (χ2v) is 13.8. The summed E-state index contributed by atoms with van der Waals surface area (Å²) in [6, 6.07) is 62.3. The van der Waals surface area contributed by atoms with Crippen LogP contribution < -0.4 is 4.90 Å². The lowest BCUT2D eigenvalue weighted by atomic mass is 9.86. The lowest BCUT2D eigenvalue weighted by Gasteiger charge is -2.29. The molecule has 2 atom stereocenters. The number of rotatable bonds is 5. The van der Waals surface area contributed by atoms with Crippen LogP contribution in [0.5, 0.6) is 0 Å². The van der Waals surface area contributed by atoms with Crippen molar-refractivity contribution in [1.29, 1.82) is 0 Å². The molecule has 2 unspecified atom stereocenters. The van der Waals surface area contributed by atoms with Crippen molar-refractivity contribution < 1.29 is 0 Å². The van der Waals surface area contributed by atoms with Crippen molar-refractivity contribution in [1.82, 2.24) is 4.57 Å². The zero-order chi connectivity index (χ0) is 33.9. The molecule has 1 aromatic heterocycles. The maximum atomic E-state index is 2.49. The Labute approximate surface area is 298 Å². The molecule has 0 spiro atoms. The molecule has 0 bridgehead atoms. The predicted octanol–water partition coefficient (Wildman–Crippen LogP) is 12.7. The molecule has 8 aromatic rings. The van der Waals surface area contributed by atoms with E-state index in [1.807, 2.05) is 0 Å². The fourth-order valence-corrected chi connectivity index (χ4v) is 8.41. The number of hydrogen-bond acceptors (Lipinski definition) is 1. The smallest absolute Gasteiger partial charge is 0.0630 e. The van der Waals surface area contributed by atoms with Gasteiger partial charge in [-0.15, -0.1) is 0 Å². The number of benzene rings is 7. The standard InChI is InChI=1S/C49H36N2/c1-33-28-39(36-22-20-35(21-23-36)34-12-4-2-5-13-34)30-41(29-33)51-47-19-11-9-17-43(47)45-32-38(25-27-49(45)51)37-24-26-48-44(31-37)42-16-8-10-18-46(42)50(48)40-14-6-3-7-15-40/h2-32,44,48H,1H3. The number of hydrogen-bond donors (Lipinski definition) is 0. The number of aryl methyl sites for hydroxylation is 1. The maximum Gasteiger partial charge on any atom is 0.0630 e. The van der Waals surface area contributed by atoms with Gasteiger partial charge >= 0.3 is 0 Å². The normalized spacial score (nSPS) is 16.3. The monoisotopic (exact) mass is 652 g/mol. The van der Waals surface area contributed by atoms with Crippen LogP contribution >= 0.6 is 0 Å². The zero-order valence-corrected chi connectivity index (χ0v) is 28.4. The van der Waals surface area contributed by atoms with E-state index in [1.165, 1.54) is 83.4 Å². The minimum atomic E-state index is 0.254. The molecule has 1 aliphatic carbocycles. The molecular formula is C49H36N2. The summed E-state index contributed by atoms with van der Waals surface area (Å²) in [5, 5.41) is 2.54. The Bertz CT molecular complexity index is 2640. The van der Waals surface area contributed by atoms with Crippen LogP contribution in [0.1, 0.15) is 22.6 Å². The molecule has 2 heterocycles. The van der Waals surface area contributed by atoms with Crippen LogP contribution in [-0.2, 0) is 0 Å². The van der Waals surface area contributed by atoms with Crippen molar-refractivity contribution in [3.8, 4) is 27.9 Å². The Balaban J connectivity index is 1.05. The summed E-state index contributed by atoms with van der Waals surface area (Å²) in [6.45, 7) is 2.20. The molecule has 51 heavy (non-hydrogen) atoms. The van der Waals surface area contributed by atoms with E-state index in [2.05, 4.69) is 204 Å². The van der Waals surface area contributed by atoms with Crippen LogP contribution in [0.3, 0.4) is 0 Å². The molecule has 242 valence electrons. The first-order chi connectivity index (χ1) is 25.2. The van der Waals surface area contributed by atoms with Gasteiger partial charge in [0.15, 0.2) is 0 Å². The number of nitrogens with zero attached hydrogens (tertiary/aromatic N) is 2. The summed E-state index contributed by atoms with van der Waals surface area (Å²) in [7, 11) is 0. The third kappa shape index (κ3) is 4.94. The molecule has 0 N–H and O–H groups in total. The Morgan fingerprint density at radius 2 is 1.12 bits per heavy atom. The van der Waals surface area contributed by atoms with Crippen LogP contribution in [0.25, 0.3) is 55.3 Å². The first kappa shape index (κ1) is 29.5. The first-order valence-electron chi connectivity index (χ1n) is 17.8. The topological polar surface area (TPSA) is 8.17 Å². The Morgan fingerprint density at radius 3 is 1.94 bits per heavy atom. The first-order valence-corrected chi connectivity index (χ1v) is 17.8. The summed E-state index contributed by atoms with van der Waals surface area (Å²) in [5.74, 6) is 0.283. The molecule has 2 aliphatic rings. The van der Waals surface area contributed by atoms with Gasteiger partial charge in [-0.25, -0.2) is 0 Å². The number of fused-ring (bicyclic) bond motifs is 6. The average molecular weight is 653 g/mol. The summed E-state index contributed by atoms with van der Waals surface area (Å²) in [5.41, 5.74) is 16.2. The highest BCUT2D eigenvalue weighted by Gasteiger charge is 2.38. The van der Waals surface area contributed by atoms with Gasteiger partial charge < -0.3 is 9.47 Å². The molecule has 10 rings (SSSR count). The Morgan fingerprint density at radius 1 is 0.471 bits per heavy atom. The van der Waals surface area contributed by atoms with E-state index in [4.69, 9.17) is 0 Å². The molecule has 2 nitrogen and oxygen atoms in total. The SMILES string of the molecule is Cc1cc(-c2ccc(-c3ccccc3)cc2)cc(-n2c3ccccc3c3cc(C4=CC5c6ccccc6N(c6ccccc6)C5C=C4)ccc32)c1. The van der Waals surface area contributed by atoms with E-state index in [0.717, 1.165) is 0 Å². The highest BCUT2D eigenvalue weighted by molar-refractivity contribution is 6.10. The Hall–Kier alpha value is -6.38. The summed E-state index contributed by atoms with van der Waals surface area (Å²) in [4.78, 5) is 2.49. The van der Waals surface area contributed by atoms with Gasteiger partial charge in [0.25, 0.3) is 0 Å². The molecular weight excluding hydrogens is 617 g/mol. The van der Waals surface area contributed by atoms with Gasteiger partial charge in [-0.1, -0.05) is 140 Å². The lowest BCUT2D eigenvalue weighted by Crippen LogP contribution is -2.28. The van der Waals surface area contributed by atoms with Crippen LogP contribution in [0, 0.1) is 6.92 Å². The van der Waals surface area contributed by atoms with E-state index < -0.39 is 0 Å². The number of anilines is 2. The summed E-state index contributed by atoms with van der Waals surface area (Å²) >= 11 is 0. The third-order valence-corrected chi connectivity index (χ3v) is 10.7. The largest absolute Gasteiger partial charge is 0.333 e. The van der Waals surface area contributed by atoms with E-state index in [0.29, 0.717) is 0 Å². The zero-order valence-electron chi connectivity index (χ0n) is 28.4. The van der Waals surface area contributed by atoms with E-state index >= 15 is 0 Å². The molecule has 2 heteroatoms. The molecule has 0 fully saturated rings. The number of para-hydroxylation sites is 3. The lowest BCUT2D eigenvalue weighted by molar-refractivity contribution is 0.747. The van der Waals surface area contributed by atoms with Gasteiger partial charge in [-0.3, -0.25) is 0 Å².